The molecule has 0 radical (unpaired) electrons. The van der Waals surface area contributed by atoms with Crippen LogP contribution in [0.15, 0.2) is 31.0 Å². The molecule has 1 aromatic heterocycles. The van der Waals surface area contributed by atoms with E-state index < -0.39 is 6.09 Å². The van der Waals surface area contributed by atoms with Crippen molar-refractivity contribution in [3.63, 3.8) is 0 Å². The summed E-state index contributed by atoms with van der Waals surface area (Å²) in [6.07, 6.45) is 1.28. The molecule has 72 valence electrons. The van der Waals surface area contributed by atoms with Gasteiger partial charge in [-0.25, -0.2) is 9.78 Å². The number of carbonyl (C=O) groups is 2. The average molecular weight is 192 g/mol. The maximum Gasteiger partial charge on any atom is 0.410 e. The zero-order chi connectivity index (χ0) is 10.6. The monoisotopic (exact) mass is 192 g/mol. The topological polar surface area (TPSA) is 79.3 Å². The largest absolute Gasteiger partial charge is 0.465 e. The van der Waals surface area contributed by atoms with Crippen LogP contribution in [0.25, 0.3) is 0 Å². The molecule has 0 aliphatic heterocycles. The molecule has 1 rings (SSSR count). The molecule has 0 aromatic carbocycles. The number of anilines is 1. The second-order valence-electron chi connectivity index (χ2n) is 2.43. The summed E-state index contributed by atoms with van der Waals surface area (Å²) < 4.78 is 0. The molecule has 0 fully saturated rings. The molecule has 0 bridgehead atoms. The van der Waals surface area contributed by atoms with E-state index in [2.05, 4.69) is 11.6 Å². The summed E-state index contributed by atoms with van der Waals surface area (Å²) >= 11 is 0. The van der Waals surface area contributed by atoms with Gasteiger partial charge in [0.05, 0.1) is 0 Å². The molecule has 14 heavy (non-hydrogen) atoms. The third-order valence-corrected chi connectivity index (χ3v) is 1.46. The first-order valence-corrected chi connectivity index (χ1v) is 3.76. The number of hydrogen-bond donors (Lipinski definition) is 2. The highest BCUT2D eigenvalue weighted by molar-refractivity contribution is 6.04. The Morgan fingerprint density at radius 1 is 1.57 bits per heavy atom. The molecule has 0 saturated carbocycles. The van der Waals surface area contributed by atoms with Gasteiger partial charge in [0.1, 0.15) is 5.82 Å². The lowest BCUT2D eigenvalue weighted by Gasteiger charge is -2.00. The zero-order valence-corrected chi connectivity index (χ0v) is 7.23. The third kappa shape index (κ3) is 2.41. The maximum atomic E-state index is 11.1. The number of nitrogens with zero attached hydrogens (tertiary/aromatic N) is 1. The van der Waals surface area contributed by atoms with Crippen LogP contribution in [0.5, 0.6) is 0 Å². The van der Waals surface area contributed by atoms with Gasteiger partial charge in [0.15, 0.2) is 5.78 Å². The summed E-state index contributed by atoms with van der Waals surface area (Å²) in [5.41, 5.74) is 0.346. The van der Waals surface area contributed by atoms with Gasteiger partial charge >= 0.3 is 6.09 Å². The molecular formula is C9H8N2O3. The van der Waals surface area contributed by atoms with Crippen molar-refractivity contribution in [1.29, 1.82) is 0 Å². The molecule has 0 aliphatic carbocycles. The molecule has 0 aliphatic rings. The van der Waals surface area contributed by atoms with Gasteiger partial charge in [-0.05, 0) is 18.2 Å². The minimum Gasteiger partial charge on any atom is -0.465 e. The van der Waals surface area contributed by atoms with Gasteiger partial charge in [-0.15, -0.1) is 0 Å². The number of carboxylic acid groups (broad SMARTS) is 1. The van der Waals surface area contributed by atoms with E-state index in [9.17, 15) is 9.59 Å². The number of amides is 1. The summed E-state index contributed by atoms with van der Waals surface area (Å²) in [6, 6.07) is 2.83. The second-order valence-corrected chi connectivity index (χ2v) is 2.43. The lowest BCUT2D eigenvalue weighted by Crippen LogP contribution is -2.09. The number of pyridine rings is 1. The first-order valence-electron chi connectivity index (χ1n) is 3.76. The molecule has 1 amide bonds. The molecule has 0 atom stereocenters. The van der Waals surface area contributed by atoms with Crippen molar-refractivity contribution in [1.82, 2.24) is 4.98 Å². The predicted molar refractivity (Wildman–Crippen MR) is 50.4 cm³/mol. The SMILES string of the molecule is C=CC(=O)c1ccnc(NC(=O)O)c1. The lowest BCUT2D eigenvalue weighted by molar-refractivity contribution is 0.104. The zero-order valence-electron chi connectivity index (χ0n) is 7.23. The number of ketones is 1. The molecule has 1 aromatic rings. The van der Waals surface area contributed by atoms with Gasteiger partial charge < -0.3 is 5.11 Å². The Bertz CT molecular complexity index is 387. The van der Waals surface area contributed by atoms with Crippen LogP contribution >= 0.6 is 0 Å². The van der Waals surface area contributed by atoms with E-state index in [1.807, 2.05) is 5.32 Å². The van der Waals surface area contributed by atoms with E-state index in [0.717, 1.165) is 6.08 Å². The number of nitrogens with one attached hydrogen (secondary N) is 1. The van der Waals surface area contributed by atoms with E-state index in [4.69, 9.17) is 5.11 Å². The first kappa shape index (κ1) is 9.91. The molecule has 0 saturated heterocycles. The molecule has 5 nitrogen and oxygen atoms in total. The second kappa shape index (κ2) is 4.18. The van der Waals surface area contributed by atoms with Crippen LogP contribution in [0, 0.1) is 0 Å². The van der Waals surface area contributed by atoms with Crippen LogP contribution in [-0.4, -0.2) is 22.0 Å². The third-order valence-electron chi connectivity index (χ3n) is 1.46. The molecular weight excluding hydrogens is 184 g/mol. The minimum atomic E-state index is -1.22. The van der Waals surface area contributed by atoms with Crippen LogP contribution in [0.3, 0.4) is 0 Å². The van der Waals surface area contributed by atoms with Gasteiger partial charge in [-0.1, -0.05) is 6.58 Å². The highest BCUT2D eigenvalue weighted by Gasteiger charge is 2.04. The quantitative estimate of drug-likeness (QED) is 0.562. The fourth-order valence-corrected chi connectivity index (χ4v) is 0.880. The van der Waals surface area contributed by atoms with Crippen LogP contribution in [-0.2, 0) is 0 Å². The lowest BCUT2D eigenvalue weighted by atomic mass is 10.2. The van der Waals surface area contributed by atoms with Crippen LogP contribution in [0.4, 0.5) is 10.6 Å². The Morgan fingerprint density at radius 2 is 2.29 bits per heavy atom. The molecule has 1 heterocycles. The summed E-state index contributed by atoms with van der Waals surface area (Å²) in [5, 5.41) is 10.4. The first-order chi connectivity index (χ1) is 6.63. The Balaban J connectivity index is 2.94. The van der Waals surface area contributed by atoms with Crippen LogP contribution < -0.4 is 5.32 Å². The van der Waals surface area contributed by atoms with E-state index in [0.29, 0.717) is 5.56 Å². The van der Waals surface area contributed by atoms with Gasteiger partial charge in [0.25, 0.3) is 0 Å². The van der Waals surface area contributed by atoms with Crippen molar-refractivity contribution >= 4 is 17.7 Å². The smallest absolute Gasteiger partial charge is 0.410 e. The number of rotatable bonds is 3. The fraction of sp³-hybridized carbons (Fsp3) is 0. The predicted octanol–water partition coefficient (Wildman–Crippen LogP) is 1.54. The van der Waals surface area contributed by atoms with Crippen molar-refractivity contribution in [2.45, 2.75) is 0 Å². The minimum absolute atomic E-state index is 0.116. The summed E-state index contributed by atoms with van der Waals surface area (Å²) in [4.78, 5) is 25.1. The van der Waals surface area contributed by atoms with Gasteiger partial charge in [0, 0.05) is 11.8 Å². The van der Waals surface area contributed by atoms with E-state index >= 15 is 0 Å². The summed E-state index contributed by atoms with van der Waals surface area (Å²) in [6.45, 7) is 3.32. The van der Waals surface area contributed by atoms with Crippen molar-refractivity contribution in [2.75, 3.05) is 5.32 Å². The molecule has 2 N–H and O–H groups in total. The average Bonchev–Trinajstić information content (AvgIpc) is 2.16. The van der Waals surface area contributed by atoms with Crippen LogP contribution in [0.1, 0.15) is 10.4 Å². The molecule has 5 heteroatoms. The number of aromatic nitrogens is 1. The Kier molecular flexibility index (Phi) is 2.96. The van der Waals surface area contributed by atoms with Crippen molar-refractivity contribution in [2.24, 2.45) is 0 Å². The Hall–Kier alpha value is -2.17. The van der Waals surface area contributed by atoms with Crippen LogP contribution in [0.2, 0.25) is 0 Å². The highest BCUT2D eigenvalue weighted by Crippen LogP contribution is 2.07. The van der Waals surface area contributed by atoms with E-state index in [-0.39, 0.29) is 11.6 Å². The molecule has 0 spiro atoms. The maximum absolute atomic E-state index is 11.1. The Morgan fingerprint density at radius 3 is 2.86 bits per heavy atom. The summed E-state index contributed by atoms with van der Waals surface area (Å²) in [5.74, 6) is -0.161. The fourth-order valence-electron chi connectivity index (χ4n) is 0.880. The van der Waals surface area contributed by atoms with Crippen molar-refractivity contribution in [3.05, 3.63) is 36.5 Å². The van der Waals surface area contributed by atoms with Crippen molar-refractivity contribution < 1.29 is 14.7 Å². The van der Waals surface area contributed by atoms with Gasteiger partial charge in [0.2, 0.25) is 0 Å². The van der Waals surface area contributed by atoms with E-state index in [1.54, 1.807) is 0 Å². The standard InChI is InChI=1S/C9H8N2O3/c1-2-7(12)6-3-4-10-8(5-6)11-9(13)14/h2-5H,1H2,(H,10,11)(H,13,14). The Labute approximate surface area is 80.1 Å². The normalized spacial score (nSPS) is 9.14. The summed E-state index contributed by atoms with van der Waals surface area (Å²) in [7, 11) is 0. The number of carbonyl (C=O) groups excluding carboxylic acids is 1. The van der Waals surface area contributed by atoms with Gasteiger partial charge in [-0.3, -0.25) is 10.1 Å². The van der Waals surface area contributed by atoms with Crippen molar-refractivity contribution in [3.8, 4) is 0 Å². The number of hydrogen-bond acceptors (Lipinski definition) is 3. The molecule has 0 unspecified atom stereocenters. The van der Waals surface area contributed by atoms with E-state index in [1.165, 1.54) is 18.3 Å². The van der Waals surface area contributed by atoms with Gasteiger partial charge in [-0.2, -0.15) is 0 Å². The highest BCUT2D eigenvalue weighted by atomic mass is 16.4. The number of allylic oxidation sites excluding steroid dienone is 1.